The number of carbonyl (C=O) groups is 2. The van der Waals surface area contributed by atoms with Gasteiger partial charge in [0.05, 0.1) is 10.6 Å². The van der Waals surface area contributed by atoms with Gasteiger partial charge in [0.15, 0.2) is 0 Å². The molecule has 1 N–H and O–H groups in total. The van der Waals surface area contributed by atoms with E-state index in [9.17, 15) is 22.4 Å². The number of benzene rings is 3. The van der Waals surface area contributed by atoms with Gasteiger partial charge in [0.1, 0.15) is 18.4 Å². The summed E-state index contributed by atoms with van der Waals surface area (Å²) in [6, 6.07) is 16.5. The standard InChI is InChI=1S/C30H36FN3O4S/c1-20(2)32-30(36)24(6)33(18-25-11-7-8-12-27(25)31)29(35)19-34(28-13-9-10-22(4)23(28)5)39(37,38)26-16-14-21(3)15-17-26/h7-17,20,24H,18-19H2,1-6H3,(H,32,36)/t24-/m0/s1. The molecule has 7 nitrogen and oxygen atoms in total. The van der Waals surface area contributed by atoms with E-state index < -0.39 is 40.2 Å². The minimum atomic E-state index is -4.17. The Bertz CT molecular complexity index is 1440. The third kappa shape index (κ3) is 7.03. The number of nitrogens with one attached hydrogen (secondary N) is 1. The van der Waals surface area contributed by atoms with Crippen molar-refractivity contribution in [3.63, 3.8) is 0 Å². The fraction of sp³-hybridized carbons (Fsp3) is 0.333. The van der Waals surface area contributed by atoms with Gasteiger partial charge in [0.25, 0.3) is 10.0 Å². The zero-order valence-electron chi connectivity index (χ0n) is 23.2. The van der Waals surface area contributed by atoms with E-state index in [1.54, 1.807) is 58.0 Å². The molecule has 3 aromatic carbocycles. The van der Waals surface area contributed by atoms with Crippen molar-refractivity contribution in [1.29, 1.82) is 0 Å². The number of rotatable bonds is 10. The molecule has 0 aliphatic carbocycles. The van der Waals surface area contributed by atoms with Gasteiger partial charge in [-0.25, -0.2) is 12.8 Å². The zero-order chi connectivity index (χ0) is 28.9. The fourth-order valence-electron chi connectivity index (χ4n) is 4.15. The maximum absolute atomic E-state index is 14.6. The van der Waals surface area contributed by atoms with Gasteiger partial charge < -0.3 is 10.2 Å². The smallest absolute Gasteiger partial charge is 0.264 e. The van der Waals surface area contributed by atoms with Crippen LogP contribution in [0.1, 0.15) is 43.0 Å². The second-order valence-corrected chi connectivity index (χ2v) is 11.9. The number of hydrogen-bond acceptors (Lipinski definition) is 4. The highest BCUT2D eigenvalue weighted by molar-refractivity contribution is 7.92. The van der Waals surface area contributed by atoms with Gasteiger partial charge in [-0.2, -0.15) is 0 Å². The summed E-state index contributed by atoms with van der Waals surface area (Å²) in [7, 11) is -4.17. The molecule has 9 heteroatoms. The lowest BCUT2D eigenvalue weighted by Gasteiger charge is -2.33. The number of halogens is 1. The van der Waals surface area contributed by atoms with Crippen molar-refractivity contribution in [3.05, 3.63) is 94.8 Å². The van der Waals surface area contributed by atoms with E-state index in [1.165, 1.54) is 35.2 Å². The van der Waals surface area contributed by atoms with Crippen LogP contribution in [0, 0.1) is 26.6 Å². The predicted molar refractivity (Wildman–Crippen MR) is 151 cm³/mol. The van der Waals surface area contributed by atoms with Crippen LogP contribution in [0.15, 0.2) is 71.6 Å². The van der Waals surface area contributed by atoms with Crippen molar-refractivity contribution in [3.8, 4) is 0 Å². The lowest BCUT2D eigenvalue weighted by molar-refractivity contribution is -0.139. The van der Waals surface area contributed by atoms with Crippen molar-refractivity contribution in [1.82, 2.24) is 10.2 Å². The molecule has 0 saturated heterocycles. The van der Waals surface area contributed by atoms with Gasteiger partial charge in [0, 0.05) is 18.2 Å². The molecule has 0 unspecified atom stereocenters. The minimum absolute atomic E-state index is 0.0352. The molecule has 0 fully saturated rings. The molecule has 0 aliphatic rings. The SMILES string of the molecule is Cc1ccc(S(=O)(=O)N(CC(=O)N(Cc2ccccc2F)[C@@H](C)C(=O)NC(C)C)c2cccc(C)c2C)cc1. The van der Waals surface area contributed by atoms with E-state index in [2.05, 4.69) is 5.32 Å². The van der Waals surface area contributed by atoms with Gasteiger partial charge in [0.2, 0.25) is 11.8 Å². The predicted octanol–water partition coefficient (Wildman–Crippen LogP) is 4.89. The third-order valence-corrected chi connectivity index (χ3v) is 8.40. The Morgan fingerprint density at radius 2 is 1.54 bits per heavy atom. The van der Waals surface area contributed by atoms with Crippen LogP contribution in [0.5, 0.6) is 0 Å². The van der Waals surface area contributed by atoms with Gasteiger partial charge in [-0.3, -0.25) is 13.9 Å². The Labute approximate surface area is 230 Å². The van der Waals surface area contributed by atoms with Crippen molar-refractivity contribution >= 4 is 27.5 Å². The van der Waals surface area contributed by atoms with Crippen molar-refractivity contribution in [2.24, 2.45) is 0 Å². The normalized spacial score (nSPS) is 12.2. The Hall–Kier alpha value is -3.72. The number of carbonyl (C=O) groups excluding carboxylic acids is 2. The second-order valence-electron chi connectivity index (χ2n) is 10.00. The monoisotopic (exact) mass is 553 g/mol. The first-order valence-electron chi connectivity index (χ1n) is 12.8. The summed E-state index contributed by atoms with van der Waals surface area (Å²) in [5, 5.41) is 2.78. The summed E-state index contributed by atoms with van der Waals surface area (Å²) >= 11 is 0. The first kappa shape index (κ1) is 29.8. The van der Waals surface area contributed by atoms with Crippen molar-refractivity contribution in [2.75, 3.05) is 10.8 Å². The van der Waals surface area contributed by atoms with E-state index in [0.717, 1.165) is 15.4 Å². The Morgan fingerprint density at radius 3 is 2.15 bits per heavy atom. The molecule has 1 atom stereocenters. The van der Waals surface area contributed by atoms with Crippen LogP contribution in [-0.2, 0) is 26.2 Å². The van der Waals surface area contributed by atoms with Crippen LogP contribution < -0.4 is 9.62 Å². The number of sulfonamides is 1. The fourth-order valence-corrected chi connectivity index (χ4v) is 5.63. The lowest BCUT2D eigenvalue weighted by atomic mass is 10.1. The quantitative estimate of drug-likeness (QED) is 0.387. The second kappa shape index (κ2) is 12.4. The Kier molecular flexibility index (Phi) is 9.50. The Balaban J connectivity index is 2.09. The summed E-state index contributed by atoms with van der Waals surface area (Å²) < 4.78 is 43.6. The molecule has 0 aromatic heterocycles. The molecular weight excluding hydrogens is 517 g/mol. The molecule has 3 rings (SSSR count). The minimum Gasteiger partial charge on any atom is -0.352 e. The first-order chi connectivity index (χ1) is 18.3. The number of hydrogen-bond donors (Lipinski definition) is 1. The zero-order valence-corrected chi connectivity index (χ0v) is 24.0. The van der Waals surface area contributed by atoms with Crippen LogP contribution in [0.25, 0.3) is 0 Å². The van der Waals surface area contributed by atoms with Gasteiger partial charge in [-0.1, -0.05) is 48.0 Å². The molecule has 0 bridgehead atoms. The summed E-state index contributed by atoms with van der Waals surface area (Å²) in [5.41, 5.74) is 3.03. The van der Waals surface area contributed by atoms with Crippen LogP contribution in [0.4, 0.5) is 10.1 Å². The summed E-state index contributed by atoms with van der Waals surface area (Å²) in [5.74, 6) is -1.58. The molecule has 0 radical (unpaired) electrons. The molecule has 0 aliphatic heterocycles. The van der Waals surface area contributed by atoms with Crippen LogP contribution in [0.3, 0.4) is 0 Å². The summed E-state index contributed by atoms with van der Waals surface area (Å²) in [6.45, 7) is 9.87. The van der Waals surface area contributed by atoms with E-state index in [1.807, 2.05) is 19.9 Å². The van der Waals surface area contributed by atoms with E-state index in [-0.39, 0.29) is 23.0 Å². The van der Waals surface area contributed by atoms with E-state index in [4.69, 9.17) is 0 Å². The maximum Gasteiger partial charge on any atom is 0.264 e. The molecule has 39 heavy (non-hydrogen) atoms. The van der Waals surface area contributed by atoms with Crippen LogP contribution >= 0.6 is 0 Å². The Morgan fingerprint density at radius 1 is 0.897 bits per heavy atom. The number of aryl methyl sites for hydroxylation is 2. The molecular formula is C30H36FN3O4S. The largest absolute Gasteiger partial charge is 0.352 e. The molecule has 0 saturated carbocycles. The maximum atomic E-state index is 14.6. The van der Waals surface area contributed by atoms with Crippen molar-refractivity contribution in [2.45, 2.75) is 65.1 Å². The van der Waals surface area contributed by atoms with Crippen LogP contribution in [0.2, 0.25) is 0 Å². The molecule has 0 spiro atoms. The van der Waals surface area contributed by atoms with Gasteiger partial charge >= 0.3 is 0 Å². The van der Waals surface area contributed by atoms with E-state index in [0.29, 0.717) is 11.3 Å². The van der Waals surface area contributed by atoms with Gasteiger partial charge in [-0.15, -0.1) is 0 Å². The van der Waals surface area contributed by atoms with Crippen molar-refractivity contribution < 1.29 is 22.4 Å². The highest BCUT2D eigenvalue weighted by Crippen LogP contribution is 2.29. The molecule has 208 valence electrons. The summed E-state index contributed by atoms with van der Waals surface area (Å²) in [4.78, 5) is 28.1. The highest BCUT2D eigenvalue weighted by Gasteiger charge is 2.33. The molecule has 3 aromatic rings. The first-order valence-corrected chi connectivity index (χ1v) is 14.3. The summed E-state index contributed by atoms with van der Waals surface area (Å²) in [6.07, 6.45) is 0. The average Bonchev–Trinajstić information content (AvgIpc) is 2.88. The van der Waals surface area contributed by atoms with Gasteiger partial charge in [-0.05, 0) is 76.9 Å². The number of anilines is 1. The third-order valence-electron chi connectivity index (χ3n) is 6.63. The van der Waals surface area contributed by atoms with E-state index >= 15 is 0 Å². The lowest BCUT2D eigenvalue weighted by Crippen LogP contribution is -2.52. The average molecular weight is 554 g/mol. The highest BCUT2D eigenvalue weighted by atomic mass is 32.2. The number of nitrogens with zero attached hydrogens (tertiary/aromatic N) is 2. The molecule has 0 heterocycles. The topological polar surface area (TPSA) is 86.8 Å². The number of amides is 2. The molecule has 2 amide bonds. The van der Waals surface area contributed by atoms with Crippen LogP contribution in [-0.4, -0.2) is 43.8 Å².